The molecule has 176 valence electrons. The van der Waals surface area contributed by atoms with Crippen LogP contribution in [-0.2, 0) is 13.1 Å². The minimum absolute atomic E-state index is 0.214. The number of benzene rings is 3. The van der Waals surface area contributed by atoms with E-state index in [1.165, 1.54) is 11.1 Å². The summed E-state index contributed by atoms with van der Waals surface area (Å²) in [5, 5.41) is 4.24. The van der Waals surface area contributed by atoms with Gasteiger partial charge in [-0.25, -0.2) is 5.43 Å². The Labute approximate surface area is 201 Å². The molecule has 34 heavy (non-hydrogen) atoms. The van der Waals surface area contributed by atoms with E-state index in [-0.39, 0.29) is 5.91 Å². The summed E-state index contributed by atoms with van der Waals surface area (Å²) >= 11 is 0. The predicted molar refractivity (Wildman–Crippen MR) is 136 cm³/mol. The Balaban J connectivity index is 1.24. The monoisotopic (exact) mass is 456 g/mol. The molecule has 1 fully saturated rings. The highest BCUT2D eigenvalue weighted by molar-refractivity contribution is 6.00. The van der Waals surface area contributed by atoms with Gasteiger partial charge in [-0.3, -0.25) is 14.6 Å². The molecule has 3 aromatic rings. The molecule has 0 aromatic heterocycles. The summed E-state index contributed by atoms with van der Waals surface area (Å²) in [5.41, 5.74) is 7.50. The van der Waals surface area contributed by atoms with Crippen LogP contribution < -0.4 is 10.2 Å². The third-order valence-electron chi connectivity index (χ3n) is 6.17. The maximum atomic E-state index is 12.5. The van der Waals surface area contributed by atoms with Gasteiger partial charge in [0, 0.05) is 44.8 Å². The van der Waals surface area contributed by atoms with Crippen LogP contribution in [0.4, 0.5) is 0 Å². The number of carbonyl (C=O) groups excluding carboxylic acids is 1. The number of piperazine rings is 1. The molecule has 0 bridgehead atoms. The molecule has 1 aliphatic heterocycles. The molecule has 6 heteroatoms. The summed E-state index contributed by atoms with van der Waals surface area (Å²) in [6, 6.07) is 26.0. The van der Waals surface area contributed by atoms with Crippen LogP contribution in [0.15, 0.2) is 84.0 Å². The first-order chi connectivity index (χ1) is 16.6. The maximum Gasteiger partial charge on any atom is 0.271 e. The van der Waals surface area contributed by atoms with Crippen LogP contribution in [-0.4, -0.2) is 54.7 Å². The normalized spacial score (nSPS) is 15.2. The number of hydrogen-bond donors (Lipinski definition) is 1. The van der Waals surface area contributed by atoms with Crippen molar-refractivity contribution in [3.63, 3.8) is 0 Å². The molecule has 1 saturated heterocycles. The van der Waals surface area contributed by atoms with Gasteiger partial charge in [0.1, 0.15) is 5.75 Å². The number of amides is 1. The predicted octanol–water partition coefficient (Wildman–Crippen LogP) is 4.17. The number of hydrogen-bond acceptors (Lipinski definition) is 5. The summed E-state index contributed by atoms with van der Waals surface area (Å²) in [6.45, 7) is 8.02. The van der Waals surface area contributed by atoms with Gasteiger partial charge in [-0.1, -0.05) is 42.5 Å². The number of ether oxygens (including phenoxy) is 1. The van der Waals surface area contributed by atoms with Crippen molar-refractivity contribution >= 4 is 11.6 Å². The van der Waals surface area contributed by atoms with Crippen molar-refractivity contribution in [1.82, 2.24) is 15.2 Å². The first-order valence-electron chi connectivity index (χ1n) is 11.7. The molecular weight excluding hydrogens is 424 g/mol. The Morgan fingerprint density at radius 3 is 1.88 bits per heavy atom. The summed E-state index contributed by atoms with van der Waals surface area (Å²) in [4.78, 5) is 17.5. The summed E-state index contributed by atoms with van der Waals surface area (Å²) < 4.78 is 5.17. The van der Waals surface area contributed by atoms with E-state index >= 15 is 0 Å². The highest BCUT2D eigenvalue weighted by Crippen LogP contribution is 2.14. The van der Waals surface area contributed by atoms with Crippen molar-refractivity contribution < 1.29 is 9.53 Å². The Kier molecular flexibility index (Phi) is 8.07. The van der Waals surface area contributed by atoms with Gasteiger partial charge in [0.25, 0.3) is 5.91 Å². The van der Waals surface area contributed by atoms with Gasteiger partial charge < -0.3 is 4.74 Å². The van der Waals surface area contributed by atoms with Crippen LogP contribution in [0.5, 0.6) is 5.75 Å². The van der Waals surface area contributed by atoms with E-state index in [0.717, 1.165) is 56.3 Å². The lowest BCUT2D eigenvalue weighted by Crippen LogP contribution is -2.45. The molecular formula is C28H32N4O2. The van der Waals surface area contributed by atoms with Crippen molar-refractivity contribution in [2.24, 2.45) is 5.10 Å². The molecule has 0 atom stereocenters. The van der Waals surface area contributed by atoms with Gasteiger partial charge in [-0.15, -0.1) is 0 Å². The average Bonchev–Trinajstić information content (AvgIpc) is 2.89. The number of rotatable bonds is 8. The van der Waals surface area contributed by atoms with Gasteiger partial charge in [0.05, 0.1) is 12.8 Å². The van der Waals surface area contributed by atoms with Gasteiger partial charge in [0.15, 0.2) is 0 Å². The average molecular weight is 457 g/mol. The van der Waals surface area contributed by atoms with E-state index in [2.05, 4.69) is 50.7 Å². The van der Waals surface area contributed by atoms with E-state index in [1.54, 1.807) is 7.11 Å². The molecule has 6 nitrogen and oxygen atoms in total. The van der Waals surface area contributed by atoms with Gasteiger partial charge in [-0.2, -0.15) is 5.10 Å². The fourth-order valence-electron chi connectivity index (χ4n) is 4.06. The zero-order valence-electron chi connectivity index (χ0n) is 19.9. The minimum Gasteiger partial charge on any atom is -0.497 e. The summed E-state index contributed by atoms with van der Waals surface area (Å²) in [7, 11) is 1.63. The van der Waals surface area contributed by atoms with E-state index in [0.29, 0.717) is 5.56 Å². The van der Waals surface area contributed by atoms with Crippen molar-refractivity contribution in [2.75, 3.05) is 33.3 Å². The van der Waals surface area contributed by atoms with E-state index in [1.807, 2.05) is 55.5 Å². The zero-order valence-corrected chi connectivity index (χ0v) is 19.9. The molecule has 0 saturated carbocycles. The van der Waals surface area contributed by atoms with E-state index in [4.69, 9.17) is 4.74 Å². The SMILES string of the molecule is COc1ccc(/C(C)=N\NC(=O)c2ccc(CN3CCN(Cc4ccccc4)CC3)cc2)cc1. The zero-order chi connectivity index (χ0) is 23.8. The lowest BCUT2D eigenvalue weighted by molar-refractivity contribution is 0.0954. The lowest BCUT2D eigenvalue weighted by Gasteiger charge is -2.34. The molecule has 0 aliphatic carbocycles. The van der Waals surface area contributed by atoms with Crippen molar-refractivity contribution in [1.29, 1.82) is 0 Å². The molecule has 1 amide bonds. The molecule has 0 radical (unpaired) electrons. The lowest BCUT2D eigenvalue weighted by atomic mass is 10.1. The second-order valence-electron chi connectivity index (χ2n) is 8.60. The largest absolute Gasteiger partial charge is 0.497 e. The topological polar surface area (TPSA) is 57.2 Å². The smallest absolute Gasteiger partial charge is 0.271 e. The number of methoxy groups -OCH3 is 1. The van der Waals surface area contributed by atoms with Crippen molar-refractivity contribution in [2.45, 2.75) is 20.0 Å². The second kappa shape index (κ2) is 11.6. The third-order valence-corrected chi connectivity index (χ3v) is 6.17. The highest BCUT2D eigenvalue weighted by Gasteiger charge is 2.17. The number of nitrogens with zero attached hydrogens (tertiary/aromatic N) is 3. The van der Waals surface area contributed by atoms with E-state index in [9.17, 15) is 4.79 Å². The van der Waals surface area contributed by atoms with Crippen LogP contribution in [0.25, 0.3) is 0 Å². The van der Waals surface area contributed by atoms with Gasteiger partial charge in [0.2, 0.25) is 0 Å². The highest BCUT2D eigenvalue weighted by atomic mass is 16.5. The third kappa shape index (κ3) is 6.53. The Morgan fingerprint density at radius 2 is 1.32 bits per heavy atom. The Bertz CT molecular complexity index is 1090. The van der Waals surface area contributed by atoms with Crippen molar-refractivity contribution in [3.05, 3.63) is 101 Å². The number of hydrazone groups is 1. The molecule has 1 heterocycles. The molecule has 4 rings (SSSR count). The molecule has 1 aliphatic rings. The Hall–Kier alpha value is -3.48. The molecule has 1 N–H and O–H groups in total. The van der Waals surface area contributed by atoms with Crippen LogP contribution in [0, 0.1) is 0 Å². The fraction of sp³-hybridized carbons (Fsp3) is 0.286. The number of nitrogens with one attached hydrogen (secondary N) is 1. The molecule has 3 aromatic carbocycles. The maximum absolute atomic E-state index is 12.5. The fourth-order valence-corrected chi connectivity index (χ4v) is 4.06. The van der Waals surface area contributed by atoms with Gasteiger partial charge in [-0.05, 0) is 60.0 Å². The Morgan fingerprint density at radius 1 is 0.794 bits per heavy atom. The first-order valence-corrected chi connectivity index (χ1v) is 11.7. The molecule has 0 unspecified atom stereocenters. The van der Waals surface area contributed by atoms with Crippen LogP contribution >= 0.6 is 0 Å². The second-order valence-corrected chi connectivity index (χ2v) is 8.60. The minimum atomic E-state index is -0.214. The van der Waals surface area contributed by atoms with E-state index < -0.39 is 0 Å². The summed E-state index contributed by atoms with van der Waals surface area (Å²) in [6.07, 6.45) is 0. The molecule has 0 spiro atoms. The van der Waals surface area contributed by atoms with Gasteiger partial charge >= 0.3 is 0 Å². The van der Waals surface area contributed by atoms with Crippen LogP contribution in [0.1, 0.15) is 34.0 Å². The van der Waals surface area contributed by atoms with Crippen LogP contribution in [0.3, 0.4) is 0 Å². The quantitative estimate of drug-likeness (QED) is 0.408. The van der Waals surface area contributed by atoms with Crippen LogP contribution in [0.2, 0.25) is 0 Å². The first kappa shape index (κ1) is 23.7. The number of carbonyl (C=O) groups is 1. The standard InChI is InChI=1S/C28H32N4O2/c1-22(25-12-14-27(34-2)15-13-25)29-30-28(33)26-10-8-24(9-11-26)21-32-18-16-31(17-19-32)20-23-6-4-3-5-7-23/h3-15H,16-21H2,1-2H3,(H,30,33)/b29-22-. The summed E-state index contributed by atoms with van der Waals surface area (Å²) in [5.74, 6) is 0.573. The van der Waals surface area contributed by atoms with Crippen molar-refractivity contribution in [3.8, 4) is 5.75 Å².